The number of nitrogen functional groups attached to an aromatic ring is 1. The molecule has 0 aliphatic heterocycles. The van der Waals surface area contributed by atoms with Crippen molar-refractivity contribution >= 4 is 32.3 Å². The minimum Gasteiger partial charge on any atom is -0.389 e. The molecule has 15 heavy (non-hydrogen) atoms. The van der Waals surface area contributed by atoms with Gasteiger partial charge in [0.15, 0.2) is 0 Å². The van der Waals surface area contributed by atoms with Crippen molar-refractivity contribution in [1.29, 1.82) is 0 Å². The smallest absolute Gasteiger partial charge is 0.114 e. The van der Waals surface area contributed by atoms with Gasteiger partial charge in [0.1, 0.15) is 10.7 Å². The molecular formula is C11H11BrN2S. The van der Waals surface area contributed by atoms with Crippen molar-refractivity contribution in [3.8, 4) is 11.3 Å². The van der Waals surface area contributed by atoms with Gasteiger partial charge in [-0.05, 0) is 25.5 Å². The van der Waals surface area contributed by atoms with Gasteiger partial charge < -0.3 is 5.73 Å². The van der Waals surface area contributed by atoms with Crippen LogP contribution in [-0.2, 0) is 0 Å². The van der Waals surface area contributed by atoms with Crippen LogP contribution in [0.15, 0.2) is 22.7 Å². The first-order valence-corrected chi connectivity index (χ1v) is 6.18. The summed E-state index contributed by atoms with van der Waals surface area (Å²) >= 11 is 5.03. The van der Waals surface area contributed by atoms with E-state index >= 15 is 0 Å². The summed E-state index contributed by atoms with van der Waals surface area (Å²) in [6.45, 7) is 4.03. The highest BCUT2D eigenvalue weighted by Gasteiger charge is 2.09. The molecule has 0 fully saturated rings. The molecule has 1 aromatic carbocycles. The lowest BCUT2D eigenvalue weighted by Crippen LogP contribution is -1.86. The minimum absolute atomic E-state index is 0.781. The first kappa shape index (κ1) is 10.6. The Morgan fingerprint density at radius 2 is 2.07 bits per heavy atom. The SMILES string of the molecule is Cc1nc(-c2ccc(C)c(Br)c2)c(N)s1. The molecule has 0 amide bonds. The summed E-state index contributed by atoms with van der Waals surface area (Å²) in [5, 5.41) is 1.78. The molecule has 0 radical (unpaired) electrons. The van der Waals surface area contributed by atoms with Crippen molar-refractivity contribution in [1.82, 2.24) is 4.98 Å². The third-order valence-corrected chi connectivity index (χ3v) is 3.86. The molecule has 0 unspecified atom stereocenters. The number of anilines is 1. The van der Waals surface area contributed by atoms with Gasteiger partial charge in [-0.25, -0.2) is 4.98 Å². The van der Waals surface area contributed by atoms with Gasteiger partial charge in [-0.2, -0.15) is 0 Å². The lowest BCUT2D eigenvalue weighted by Gasteiger charge is -2.02. The quantitative estimate of drug-likeness (QED) is 0.865. The minimum atomic E-state index is 0.781. The molecule has 78 valence electrons. The molecule has 0 spiro atoms. The summed E-state index contributed by atoms with van der Waals surface area (Å²) in [6.07, 6.45) is 0. The highest BCUT2D eigenvalue weighted by atomic mass is 79.9. The van der Waals surface area contributed by atoms with E-state index in [1.807, 2.05) is 13.0 Å². The van der Waals surface area contributed by atoms with Gasteiger partial charge in [-0.15, -0.1) is 11.3 Å². The van der Waals surface area contributed by atoms with Gasteiger partial charge in [0.05, 0.1) is 5.01 Å². The number of nitrogens with zero attached hydrogens (tertiary/aromatic N) is 1. The van der Waals surface area contributed by atoms with E-state index in [0.717, 1.165) is 25.7 Å². The van der Waals surface area contributed by atoms with Gasteiger partial charge in [0, 0.05) is 10.0 Å². The number of hydrogen-bond acceptors (Lipinski definition) is 3. The van der Waals surface area contributed by atoms with Crippen molar-refractivity contribution in [3.05, 3.63) is 33.2 Å². The fraction of sp³-hybridized carbons (Fsp3) is 0.182. The summed E-state index contributed by atoms with van der Waals surface area (Å²) in [6, 6.07) is 6.17. The second-order valence-electron chi connectivity index (χ2n) is 3.41. The Morgan fingerprint density at radius 3 is 2.60 bits per heavy atom. The van der Waals surface area contributed by atoms with Crippen LogP contribution in [0.3, 0.4) is 0 Å². The van der Waals surface area contributed by atoms with Crippen LogP contribution < -0.4 is 5.73 Å². The van der Waals surface area contributed by atoms with Crippen molar-refractivity contribution in [2.45, 2.75) is 13.8 Å². The number of nitrogens with two attached hydrogens (primary N) is 1. The number of thiazole rings is 1. The molecule has 2 N–H and O–H groups in total. The van der Waals surface area contributed by atoms with Crippen LogP contribution in [0.1, 0.15) is 10.6 Å². The fourth-order valence-corrected chi connectivity index (χ4v) is 2.48. The molecule has 1 aromatic heterocycles. The van der Waals surface area contributed by atoms with E-state index in [9.17, 15) is 0 Å². The Bertz CT molecular complexity index is 505. The van der Waals surface area contributed by atoms with E-state index in [1.165, 1.54) is 16.9 Å². The highest BCUT2D eigenvalue weighted by molar-refractivity contribution is 9.10. The zero-order valence-corrected chi connectivity index (χ0v) is 10.9. The predicted octanol–water partition coefficient (Wildman–Crippen LogP) is 3.77. The third-order valence-electron chi connectivity index (χ3n) is 2.21. The Hall–Kier alpha value is -0.870. The van der Waals surface area contributed by atoms with Crippen molar-refractivity contribution in [2.75, 3.05) is 5.73 Å². The third kappa shape index (κ3) is 2.06. The van der Waals surface area contributed by atoms with Gasteiger partial charge in [-0.1, -0.05) is 28.1 Å². The monoisotopic (exact) mass is 282 g/mol. The van der Waals surface area contributed by atoms with Crippen molar-refractivity contribution in [2.24, 2.45) is 0 Å². The Balaban J connectivity index is 2.54. The number of benzene rings is 1. The standard InChI is InChI=1S/C11H11BrN2S/c1-6-3-4-8(5-9(6)12)10-11(13)15-7(2)14-10/h3-5H,13H2,1-2H3. The van der Waals surface area contributed by atoms with Crippen LogP contribution in [0.5, 0.6) is 0 Å². The Labute approximate surface area is 101 Å². The average Bonchev–Trinajstić information content (AvgIpc) is 2.50. The maximum atomic E-state index is 5.90. The van der Waals surface area contributed by atoms with E-state index in [2.05, 4.69) is 40.0 Å². The highest BCUT2D eigenvalue weighted by Crippen LogP contribution is 2.32. The lowest BCUT2D eigenvalue weighted by atomic mass is 10.1. The maximum absolute atomic E-state index is 5.90. The molecule has 0 aliphatic rings. The van der Waals surface area contributed by atoms with Crippen molar-refractivity contribution < 1.29 is 0 Å². The predicted molar refractivity (Wildman–Crippen MR) is 69.1 cm³/mol. The molecular weight excluding hydrogens is 272 g/mol. The summed E-state index contributed by atoms with van der Waals surface area (Å²) < 4.78 is 1.09. The maximum Gasteiger partial charge on any atom is 0.114 e. The Morgan fingerprint density at radius 1 is 1.33 bits per heavy atom. The van der Waals surface area contributed by atoms with Gasteiger partial charge in [-0.3, -0.25) is 0 Å². The van der Waals surface area contributed by atoms with Gasteiger partial charge in [0.2, 0.25) is 0 Å². The molecule has 2 aromatic rings. The topological polar surface area (TPSA) is 38.9 Å². The first-order valence-electron chi connectivity index (χ1n) is 4.57. The normalized spacial score (nSPS) is 10.6. The second kappa shape index (κ2) is 3.94. The molecule has 0 atom stereocenters. The van der Waals surface area contributed by atoms with E-state index in [1.54, 1.807) is 0 Å². The first-order chi connectivity index (χ1) is 7.08. The van der Waals surface area contributed by atoms with Crippen LogP contribution in [0.4, 0.5) is 5.00 Å². The molecule has 0 aliphatic carbocycles. The molecule has 0 saturated carbocycles. The number of halogens is 1. The van der Waals surface area contributed by atoms with E-state index in [-0.39, 0.29) is 0 Å². The average molecular weight is 283 g/mol. The van der Waals surface area contributed by atoms with Crippen LogP contribution >= 0.6 is 27.3 Å². The van der Waals surface area contributed by atoms with Crippen LogP contribution in [0.2, 0.25) is 0 Å². The van der Waals surface area contributed by atoms with E-state index in [0.29, 0.717) is 0 Å². The summed E-state index contributed by atoms with van der Waals surface area (Å²) in [7, 11) is 0. The summed E-state index contributed by atoms with van der Waals surface area (Å²) in [5.41, 5.74) is 9.07. The Kier molecular flexibility index (Phi) is 2.80. The number of aryl methyl sites for hydroxylation is 2. The fourth-order valence-electron chi connectivity index (χ4n) is 1.39. The van der Waals surface area contributed by atoms with E-state index < -0.39 is 0 Å². The molecule has 2 nitrogen and oxygen atoms in total. The van der Waals surface area contributed by atoms with Crippen LogP contribution in [-0.4, -0.2) is 4.98 Å². The van der Waals surface area contributed by atoms with Gasteiger partial charge >= 0.3 is 0 Å². The zero-order valence-electron chi connectivity index (χ0n) is 8.54. The molecule has 2 rings (SSSR count). The number of aromatic nitrogens is 1. The van der Waals surface area contributed by atoms with Gasteiger partial charge in [0.25, 0.3) is 0 Å². The second-order valence-corrected chi connectivity index (χ2v) is 5.50. The largest absolute Gasteiger partial charge is 0.389 e. The molecule has 0 saturated heterocycles. The molecule has 0 bridgehead atoms. The van der Waals surface area contributed by atoms with E-state index in [4.69, 9.17) is 5.73 Å². The number of rotatable bonds is 1. The molecule has 1 heterocycles. The number of hydrogen-bond donors (Lipinski definition) is 1. The summed E-state index contributed by atoms with van der Waals surface area (Å²) in [5.74, 6) is 0. The van der Waals surface area contributed by atoms with Crippen LogP contribution in [0, 0.1) is 13.8 Å². The van der Waals surface area contributed by atoms with Crippen molar-refractivity contribution in [3.63, 3.8) is 0 Å². The molecule has 4 heteroatoms. The summed E-state index contributed by atoms with van der Waals surface area (Å²) in [4.78, 5) is 4.42. The zero-order chi connectivity index (χ0) is 11.0. The van der Waals surface area contributed by atoms with Crippen LogP contribution in [0.25, 0.3) is 11.3 Å². The lowest BCUT2D eigenvalue weighted by molar-refractivity contribution is 1.29.